The number of aryl methyl sites for hydroxylation is 1. The lowest BCUT2D eigenvalue weighted by atomic mass is 10.2. The SMILES string of the molecule is Cc1cccc(-n2c(N)c(C(=O)NCc3cccs3)c3nc4ccccc4nc32)c1. The molecule has 5 rings (SSSR count). The average Bonchev–Trinajstić information content (AvgIpc) is 3.35. The molecule has 30 heavy (non-hydrogen) atoms. The number of nitrogens with zero attached hydrogens (tertiary/aromatic N) is 3. The number of carbonyl (C=O) groups excluding carboxylic acids is 1. The van der Waals surface area contributed by atoms with Crippen molar-refractivity contribution in [3.63, 3.8) is 0 Å². The Morgan fingerprint density at radius 3 is 2.60 bits per heavy atom. The lowest BCUT2D eigenvalue weighted by Gasteiger charge is -2.09. The minimum absolute atomic E-state index is 0.262. The van der Waals surface area contributed by atoms with Gasteiger partial charge in [0.1, 0.15) is 16.9 Å². The van der Waals surface area contributed by atoms with E-state index in [0.29, 0.717) is 29.1 Å². The highest BCUT2D eigenvalue weighted by Gasteiger charge is 2.24. The molecule has 0 bridgehead atoms. The fourth-order valence-corrected chi connectivity index (χ4v) is 4.23. The van der Waals surface area contributed by atoms with Gasteiger partial charge >= 0.3 is 0 Å². The third-order valence-corrected chi connectivity index (χ3v) is 5.86. The smallest absolute Gasteiger partial charge is 0.257 e. The van der Waals surface area contributed by atoms with Crippen molar-refractivity contribution in [2.75, 3.05) is 5.73 Å². The molecule has 148 valence electrons. The molecule has 5 aromatic rings. The van der Waals surface area contributed by atoms with E-state index in [0.717, 1.165) is 27.2 Å². The first kappa shape index (κ1) is 18.3. The monoisotopic (exact) mass is 413 g/mol. The molecule has 3 N–H and O–H groups in total. The molecular formula is C23H19N5OS. The molecule has 3 aromatic heterocycles. The van der Waals surface area contributed by atoms with Crippen LogP contribution >= 0.6 is 11.3 Å². The van der Waals surface area contributed by atoms with Crippen LogP contribution in [0, 0.1) is 6.92 Å². The van der Waals surface area contributed by atoms with Gasteiger partial charge in [0, 0.05) is 10.6 Å². The van der Waals surface area contributed by atoms with E-state index in [1.165, 1.54) is 0 Å². The molecule has 7 heteroatoms. The first-order valence-corrected chi connectivity index (χ1v) is 10.4. The van der Waals surface area contributed by atoms with Gasteiger partial charge in [-0.3, -0.25) is 9.36 Å². The number of hydrogen-bond acceptors (Lipinski definition) is 5. The van der Waals surface area contributed by atoms with Crippen LogP contribution in [0.15, 0.2) is 66.0 Å². The number of aromatic nitrogens is 3. The first-order valence-electron chi connectivity index (χ1n) is 9.56. The maximum atomic E-state index is 13.2. The van der Waals surface area contributed by atoms with Crippen LogP contribution < -0.4 is 11.1 Å². The van der Waals surface area contributed by atoms with E-state index in [1.807, 2.05) is 77.5 Å². The molecule has 2 aromatic carbocycles. The van der Waals surface area contributed by atoms with Gasteiger partial charge in [0.2, 0.25) is 0 Å². The third-order valence-electron chi connectivity index (χ3n) is 4.99. The quantitative estimate of drug-likeness (QED) is 0.456. The van der Waals surface area contributed by atoms with Crippen LogP contribution in [0.5, 0.6) is 0 Å². The highest BCUT2D eigenvalue weighted by Crippen LogP contribution is 2.31. The summed E-state index contributed by atoms with van der Waals surface area (Å²) >= 11 is 1.59. The summed E-state index contributed by atoms with van der Waals surface area (Å²) in [4.78, 5) is 23.8. The Morgan fingerprint density at radius 2 is 1.87 bits per heavy atom. The van der Waals surface area contributed by atoms with Crippen LogP contribution in [-0.2, 0) is 6.54 Å². The van der Waals surface area contributed by atoms with Gasteiger partial charge in [-0.25, -0.2) is 9.97 Å². The van der Waals surface area contributed by atoms with E-state index >= 15 is 0 Å². The van der Waals surface area contributed by atoms with Gasteiger partial charge in [-0.05, 0) is 48.2 Å². The topological polar surface area (TPSA) is 85.8 Å². The number of anilines is 1. The van der Waals surface area contributed by atoms with Crippen molar-refractivity contribution in [1.82, 2.24) is 19.9 Å². The lowest BCUT2D eigenvalue weighted by Crippen LogP contribution is -2.23. The fourth-order valence-electron chi connectivity index (χ4n) is 3.58. The number of amides is 1. The molecule has 0 unspecified atom stereocenters. The number of para-hydroxylation sites is 2. The molecule has 0 aliphatic heterocycles. The molecule has 0 saturated carbocycles. The first-order chi connectivity index (χ1) is 14.6. The predicted octanol–water partition coefficient (Wildman–Crippen LogP) is 4.46. The van der Waals surface area contributed by atoms with E-state index in [-0.39, 0.29) is 5.91 Å². The molecule has 6 nitrogen and oxygen atoms in total. The van der Waals surface area contributed by atoms with Crippen LogP contribution in [0.1, 0.15) is 20.8 Å². The zero-order valence-corrected chi connectivity index (χ0v) is 17.1. The Balaban J connectivity index is 1.71. The summed E-state index contributed by atoms with van der Waals surface area (Å²) in [5.41, 5.74) is 11.4. The number of thiophene rings is 1. The minimum atomic E-state index is -0.262. The van der Waals surface area contributed by atoms with Crippen LogP contribution in [0.2, 0.25) is 0 Å². The van der Waals surface area contributed by atoms with E-state index in [1.54, 1.807) is 11.3 Å². The molecule has 0 fully saturated rings. The summed E-state index contributed by atoms with van der Waals surface area (Å²) in [6.45, 7) is 2.45. The van der Waals surface area contributed by atoms with Crippen molar-refractivity contribution in [2.24, 2.45) is 0 Å². The molecule has 1 amide bonds. The van der Waals surface area contributed by atoms with Gasteiger partial charge in [-0.15, -0.1) is 11.3 Å². The number of nitrogen functional groups attached to an aromatic ring is 1. The summed E-state index contributed by atoms with van der Waals surface area (Å²) < 4.78 is 1.81. The van der Waals surface area contributed by atoms with Gasteiger partial charge in [-0.2, -0.15) is 0 Å². The highest BCUT2D eigenvalue weighted by molar-refractivity contribution is 7.09. The Morgan fingerprint density at radius 1 is 1.07 bits per heavy atom. The van der Waals surface area contributed by atoms with Gasteiger partial charge in [0.15, 0.2) is 5.65 Å². The second-order valence-electron chi connectivity index (χ2n) is 7.08. The van der Waals surface area contributed by atoms with Gasteiger partial charge in [0.25, 0.3) is 5.91 Å². The summed E-state index contributed by atoms with van der Waals surface area (Å²) in [5.74, 6) is 0.0662. The van der Waals surface area contributed by atoms with E-state index in [4.69, 9.17) is 15.7 Å². The number of rotatable bonds is 4. The maximum Gasteiger partial charge on any atom is 0.257 e. The number of carbonyl (C=O) groups is 1. The summed E-state index contributed by atoms with van der Waals surface area (Å²) in [5, 5.41) is 4.95. The Bertz CT molecular complexity index is 1390. The van der Waals surface area contributed by atoms with Crippen molar-refractivity contribution >= 4 is 45.3 Å². The van der Waals surface area contributed by atoms with Crippen LogP contribution in [0.3, 0.4) is 0 Å². The van der Waals surface area contributed by atoms with E-state index in [9.17, 15) is 4.79 Å². The second kappa shape index (κ2) is 7.27. The van der Waals surface area contributed by atoms with Crippen LogP contribution in [0.4, 0.5) is 5.82 Å². The summed E-state index contributed by atoms with van der Waals surface area (Å²) in [7, 11) is 0. The third kappa shape index (κ3) is 3.09. The summed E-state index contributed by atoms with van der Waals surface area (Å²) in [6, 6.07) is 19.5. The van der Waals surface area contributed by atoms with Gasteiger partial charge in [-0.1, -0.05) is 30.3 Å². The normalized spacial score (nSPS) is 11.2. The average molecular weight is 414 g/mol. The fraction of sp³-hybridized carbons (Fsp3) is 0.0870. The Hall–Kier alpha value is -3.71. The van der Waals surface area contributed by atoms with Crippen LogP contribution in [-0.4, -0.2) is 20.4 Å². The van der Waals surface area contributed by atoms with Crippen molar-refractivity contribution in [1.29, 1.82) is 0 Å². The zero-order chi connectivity index (χ0) is 20.7. The molecule has 3 heterocycles. The number of hydrogen-bond donors (Lipinski definition) is 2. The van der Waals surface area contributed by atoms with Gasteiger partial charge < -0.3 is 11.1 Å². The lowest BCUT2D eigenvalue weighted by molar-refractivity contribution is 0.0953. The Labute approximate surface area is 177 Å². The molecule has 0 aliphatic rings. The Kier molecular flexibility index (Phi) is 4.44. The van der Waals surface area contributed by atoms with E-state index in [2.05, 4.69) is 5.32 Å². The largest absolute Gasteiger partial charge is 0.384 e. The van der Waals surface area contributed by atoms with Crippen molar-refractivity contribution < 1.29 is 4.79 Å². The van der Waals surface area contributed by atoms with E-state index < -0.39 is 0 Å². The molecular weight excluding hydrogens is 394 g/mol. The molecule has 0 atom stereocenters. The second-order valence-corrected chi connectivity index (χ2v) is 8.11. The van der Waals surface area contributed by atoms with Gasteiger partial charge in [0.05, 0.1) is 17.6 Å². The molecule has 0 saturated heterocycles. The molecule has 0 aliphatic carbocycles. The van der Waals surface area contributed by atoms with Crippen molar-refractivity contribution in [3.8, 4) is 5.69 Å². The molecule has 0 spiro atoms. The van der Waals surface area contributed by atoms with Crippen molar-refractivity contribution in [2.45, 2.75) is 13.5 Å². The predicted molar refractivity (Wildman–Crippen MR) is 121 cm³/mol. The maximum absolute atomic E-state index is 13.2. The number of benzene rings is 2. The molecule has 0 radical (unpaired) electrons. The number of nitrogens with two attached hydrogens (primary N) is 1. The zero-order valence-electron chi connectivity index (χ0n) is 16.3. The number of fused-ring (bicyclic) bond motifs is 2. The van der Waals surface area contributed by atoms with Crippen molar-refractivity contribution in [3.05, 3.63) is 82.0 Å². The highest BCUT2D eigenvalue weighted by atomic mass is 32.1. The van der Waals surface area contributed by atoms with Crippen LogP contribution in [0.25, 0.3) is 27.9 Å². The standard InChI is InChI=1S/C23H19N5OS/c1-14-6-4-7-15(12-14)28-21(24)19(23(29)25-13-16-8-5-11-30-16)20-22(28)27-18-10-3-2-9-17(18)26-20/h2-12H,13,24H2,1H3,(H,25,29). The summed E-state index contributed by atoms with van der Waals surface area (Å²) in [6.07, 6.45) is 0. The number of nitrogens with one attached hydrogen (secondary N) is 1. The minimum Gasteiger partial charge on any atom is -0.384 e.